The van der Waals surface area contributed by atoms with Crippen LogP contribution >= 0.6 is 11.8 Å². The number of hydrogen-bond acceptors (Lipinski definition) is 5. The van der Waals surface area contributed by atoms with E-state index in [-0.39, 0.29) is 17.5 Å². The maximum absolute atomic E-state index is 13.4. The zero-order valence-corrected chi connectivity index (χ0v) is 16.5. The van der Waals surface area contributed by atoms with Gasteiger partial charge in [0.05, 0.1) is 5.75 Å². The van der Waals surface area contributed by atoms with E-state index >= 15 is 0 Å². The number of halogens is 1. The summed E-state index contributed by atoms with van der Waals surface area (Å²) in [7, 11) is 0. The number of thioether (sulfide) groups is 1. The van der Waals surface area contributed by atoms with Crippen molar-refractivity contribution in [3.63, 3.8) is 0 Å². The highest BCUT2D eigenvalue weighted by Crippen LogP contribution is 2.27. The number of amides is 1. The summed E-state index contributed by atoms with van der Waals surface area (Å²) < 4.78 is 14.7. The second kappa shape index (κ2) is 8.88. The molecule has 8 heteroatoms. The molecule has 3 rings (SSSR count). The summed E-state index contributed by atoms with van der Waals surface area (Å²) in [6.45, 7) is 4.24. The molecule has 1 heterocycles. The third-order valence-corrected chi connectivity index (χ3v) is 5.40. The molecule has 1 aromatic heterocycles. The zero-order chi connectivity index (χ0) is 20.1. The summed E-state index contributed by atoms with van der Waals surface area (Å²) in [5.41, 5.74) is 2.45. The average Bonchev–Trinajstić information content (AvgIpc) is 3.06. The number of anilines is 1. The Morgan fingerprint density at radius 2 is 2.04 bits per heavy atom. The molecule has 1 atom stereocenters. The standard InChI is InChI=1S/C20H22FN5OS/c1-3-13(2)16-9-4-5-10-17(16)23-18(27)12-28-20-25-24-19(26(20)22)14-7-6-8-15(21)11-14/h4-11,13H,3,12,22H2,1-2H3,(H,23,27)/t13-/m0/s1. The highest BCUT2D eigenvalue weighted by atomic mass is 32.2. The lowest BCUT2D eigenvalue weighted by Gasteiger charge is -2.15. The molecular weight excluding hydrogens is 377 g/mol. The number of para-hydroxylation sites is 1. The van der Waals surface area contributed by atoms with Gasteiger partial charge in [-0.1, -0.05) is 55.9 Å². The maximum Gasteiger partial charge on any atom is 0.234 e. The van der Waals surface area contributed by atoms with Crippen molar-refractivity contribution in [1.29, 1.82) is 0 Å². The summed E-state index contributed by atoms with van der Waals surface area (Å²) >= 11 is 1.17. The minimum atomic E-state index is -0.381. The number of nitrogens with two attached hydrogens (primary N) is 1. The summed E-state index contributed by atoms with van der Waals surface area (Å²) in [6, 6.07) is 13.7. The Kier molecular flexibility index (Phi) is 6.30. The van der Waals surface area contributed by atoms with E-state index in [1.54, 1.807) is 12.1 Å². The summed E-state index contributed by atoms with van der Waals surface area (Å²) in [6.07, 6.45) is 0.987. The molecule has 0 unspecified atom stereocenters. The molecule has 146 valence electrons. The Balaban J connectivity index is 1.66. The van der Waals surface area contributed by atoms with E-state index in [1.165, 1.54) is 28.6 Å². The van der Waals surface area contributed by atoms with E-state index in [1.807, 2.05) is 24.3 Å². The lowest BCUT2D eigenvalue weighted by molar-refractivity contribution is -0.113. The van der Waals surface area contributed by atoms with Crippen LogP contribution in [0.1, 0.15) is 31.7 Å². The van der Waals surface area contributed by atoms with E-state index in [4.69, 9.17) is 5.84 Å². The lowest BCUT2D eigenvalue weighted by Crippen LogP contribution is -2.17. The van der Waals surface area contributed by atoms with Gasteiger partial charge in [0.2, 0.25) is 11.1 Å². The normalized spacial score (nSPS) is 12.0. The largest absolute Gasteiger partial charge is 0.335 e. The quantitative estimate of drug-likeness (QED) is 0.463. The summed E-state index contributed by atoms with van der Waals surface area (Å²) in [5, 5.41) is 11.3. The van der Waals surface area contributed by atoms with Crippen molar-refractivity contribution in [2.24, 2.45) is 0 Å². The van der Waals surface area contributed by atoms with Crippen LogP contribution in [0.3, 0.4) is 0 Å². The minimum Gasteiger partial charge on any atom is -0.335 e. The van der Waals surface area contributed by atoms with Crippen molar-refractivity contribution in [3.05, 3.63) is 59.9 Å². The first-order valence-electron chi connectivity index (χ1n) is 8.97. The SMILES string of the molecule is CC[C@H](C)c1ccccc1NC(=O)CSc1nnc(-c2cccc(F)c2)n1N. The maximum atomic E-state index is 13.4. The molecule has 3 aromatic rings. The number of carbonyl (C=O) groups is 1. The Labute approximate surface area is 167 Å². The number of benzene rings is 2. The lowest BCUT2D eigenvalue weighted by atomic mass is 9.97. The summed E-state index contributed by atoms with van der Waals surface area (Å²) in [4.78, 5) is 12.4. The van der Waals surface area contributed by atoms with E-state index in [9.17, 15) is 9.18 Å². The van der Waals surface area contributed by atoms with Gasteiger partial charge in [-0.25, -0.2) is 9.07 Å². The second-order valence-corrected chi connectivity index (χ2v) is 7.36. The van der Waals surface area contributed by atoms with E-state index in [2.05, 4.69) is 29.4 Å². The molecule has 0 fully saturated rings. The smallest absolute Gasteiger partial charge is 0.234 e. The zero-order valence-electron chi connectivity index (χ0n) is 15.7. The second-order valence-electron chi connectivity index (χ2n) is 6.42. The van der Waals surface area contributed by atoms with Gasteiger partial charge in [-0.05, 0) is 36.1 Å². The number of rotatable bonds is 7. The van der Waals surface area contributed by atoms with Crippen LogP contribution in [0.4, 0.5) is 10.1 Å². The number of nitrogens with one attached hydrogen (secondary N) is 1. The molecule has 0 saturated carbocycles. The van der Waals surface area contributed by atoms with Gasteiger partial charge in [0.25, 0.3) is 0 Å². The average molecular weight is 399 g/mol. The third-order valence-electron chi connectivity index (χ3n) is 4.46. The third kappa shape index (κ3) is 4.51. The Hall–Kier alpha value is -2.87. The fraction of sp³-hybridized carbons (Fsp3) is 0.250. The van der Waals surface area contributed by atoms with E-state index < -0.39 is 0 Å². The Bertz CT molecular complexity index is 975. The van der Waals surface area contributed by atoms with Gasteiger partial charge in [-0.15, -0.1) is 10.2 Å². The van der Waals surface area contributed by atoms with Gasteiger partial charge in [0.1, 0.15) is 5.82 Å². The van der Waals surface area contributed by atoms with Crippen molar-refractivity contribution in [3.8, 4) is 11.4 Å². The molecule has 0 radical (unpaired) electrons. The molecule has 0 bridgehead atoms. The predicted octanol–water partition coefficient (Wildman–Crippen LogP) is 4.04. The highest BCUT2D eigenvalue weighted by Gasteiger charge is 2.15. The Morgan fingerprint density at radius 1 is 1.25 bits per heavy atom. The first-order chi connectivity index (χ1) is 13.5. The molecule has 3 N–H and O–H groups in total. The van der Waals surface area contributed by atoms with Crippen LogP contribution in [0.25, 0.3) is 11.4 Å². The van der Waals surface area contributed by atoms with Crippen molar-refractivity contribution in [1.82, 2.24) is 14.9 Å². The molecule has 0 aliphatic heterocycles. The van der Waals surface area contributed by atoms with Crippen LogP contribution in [0.5, 0.6) is 0 Å². The van der Waals surface area contributed by atoms with Crippen LogP contribution in [-0.4, -0.2) is 26.5 Å². The fourth-order valence-corrected chi connectivity index (χ4v) is 3.43. The number of aromatic nitrogens is 3. The van der Waals surface area contributed by atoms with Crippen molar-refractivity contribution in [2.45, 2.75) is 31.3 Å². The first kappa shape index (κ1) is 19.9. The number of nitrogens with zero attached hydrogens (tertiary/aromatic N) is 3. The Morgan fingerprint density at radius 3 is 2.79 bits per heavy atom. The van der Waals surface area contributed by atoms with Gasteiger partial charge in [0, 0.05) is 11.3 Å². The molecule has 6 nitrogen and oxygen atoms in total. The molecule has 0 aliphatic carbocycles. The molecule has 0 saturated heterocycles. The van der Waals surface area contributed by atoms with Crippen molar-refractivity contribution >= 4 is 23.4 Å². The van der Waals surface area contributed by atoms with Crippen LogP contribution in [0, 0.1) is 5.82 Å². The van der Waals surface area contributed by atoms with Gasteiger partial charge in [-0.3, -0.25) is 4.79 Å². The molecular formula is C20H22FN5OS. The number of hydrogen-bond donors (Lipinski definition) is 2. The minimum absolute atomic E-state index is 0.132. The van der Waals surface area contributed by atoms with Crippen molar-refractivity contribution < 1.29 is 9.18 Å². The fourth-order valence-electron chi connectivity index (χ4n) is 2.78. The number of carbonyl (C=O) groups excluding carboxylic acids is 1. The highest BCUT2D eigenvalue weighted by molar-refractivity contribution is 7.99. The first-order valence-corrected chi connectivity index (χ1v) is 9.96. The predicted molar refractivity (Wildman–Crippen MR) is 110 cm³/mol. The molecule has 2 aromatic carbocycles. The molecule has 1 amide bonds. The van der Waals surface area contributed by atoms with E-state index in [0.29, 0.717) is 22.5 Å². The van der Waals surface area contributed by atoms with Crippen LogP contribution in [0.15, 0.2) is 53.7 Å². The molecule has 28 heavy (non-hydrogen) atoms. The van der Waals surface area contributed by atoms with Crippen LogP contribution in [-0.2, 0) is 4.79 Å². The topological polar surface area (TPSA) is 85.8 Å². The monoisotopic (exact) mass is 399 g/mol. The van der Waals surface area contributed by atoms with Crippen molar-refractivity contribution in [2.75, 3.05) is 16.9 Å². The van der Waals surface area contributed by atoms with Gasteiger partial charge in [-0.2, -0.15) is 0 Å². The van der Waals surface area contributed by atoms with Gasteiger partial charge < -0.3 is 11.2 Å². The summed E-state index contributed by atoms with van der Waals surface area (Å²) in [5.74, 6) is 6.31. The molecule has 0 spiro atoms. The van der Waals surface area contributed by atoms with Gasteiger partial charge in [0.15, 0.2) is 5.82 Å². The van der Waals surface area contributed by atoms with Gasteiger partial charge >= 0.3 is 0 Å². The molecule has 0 aliphatic rings. The van der Waals surface area contributed by atoms with Crippen LogP contribution < -0.4 is 11.2 Å². The number of nitrogen functional groups attached to an aromatic ring is 1. The van der Waals surface area contributed by atoms with Crippen LogP contribution in [0.2, 0.25) is 0 Å². The van der Waals surface area contributed by atoms with E-state index in [0.717, 1.165) is 17.7 Å².